The molecule has 0 bridgehead atoms. The van der Waals surface area contributed by atoms with Crippen LogP contribution < -0.4 is 5.32 Å². The summed E-state index contributed by atoms with van der Waals surface area (Å²) in [5.74, 6) is -0.0905. The molecule has 2 aromatic heterocycles. The maximum atomic E-state index is 13.5. The van der Waals surface area contributed by atoms with Crippen LogP contribution in [0.2, 0.25) is 5.02 Å². The third-order valence-corrected chi connectivity index (χ3v) is 5.78. The molecule has 5 aromatic rings. The fraction of sp³-hybridized carbons (Fsp3) is 0.154. The number of halogens is 1. The van der Waals surface area contributed by atoms with Crippen LogP contribution in [-0.2, 0) is 19.6 Å². The van der Waals surface area contributed by atoms with E-state index in [4.69, 9.17) is 16.0 Å². The molecule has 0 aliphatic rings. The van der Waals surface area contributed by atoms with Crippen LogP contribution in [0, 0.1) is 0 Å². The molecule has 0 saturated heterocycles. The van der Waals surface area contributed by atoms with Crippen molar-refractivity contribution in [1.82, 2.24) is 24.9 Å². The first-order chi connectivity index (χ1) is 17.1. The van der Waals surface area contributed by atoms with Gasteiger partial charge in [-0.05, 0) is 41.5 Å². The van der Waals surface area contributed by atoms with Gasteiger partial charge in [0, 0.05) is 36.4 Å². The van der Waals surface area contributed by atoms with Gasteiger partial charge >= 0.3 is 0 Å². The molecule has 0 saturated carbocycles. The Labute approximate surface area is 207 Å². The van der Waals surface area contributed by atoms with Gasteiger partial charge in [0.15, 0.2) is 5.58 Å². The molecule has 2 heterocycles. The maximum absolute atomic E-state index is 13.5. The van der Waals surface area contributed by atoms with Crippen LogP contribution in [0.1, 0.15) is 21.5 Å². The van der Waals surface area contributed by atoms with Gasteiger partial charge in [0.05, 0.1) is 12.7 Å². The van der Waals surface area contributed by atoms with Gasteiger partial charge in [-0.25, -0.2) is 0 Å². The molecular formula is C26H23ClN6O2. The second-order valence-corrected chi connectivity index (χ2v) is 8.50. The van der Waals surface area contributed by atoms with E-state index in [2.05, 4.69) is 20.6 Å². The lowest BCUT2D eigenvalue weighted by atomic mass is 10.1. The summed E-state index contributed by atoms with van der Waals surface area (Å²) >= 11 is 6.06. The molecule has 1 N–H and O–H groups in total. The normalized spacial score (nSPS) is 11.0. The highest BCUT2D eigenvalue weighted by Gasteiger charge is 2.18. The predicted octanol–water partition coefficient (Wildman–Crippen LogP) is 5.03. The quantitative estimate of drug-likeness (QED) is 0.314. The van der Waals surface area contributed by atoms with E-state index in [1.54, 1.807) is 40.2 Å². The van der Waals surface area contributed by atoms with Crippen molar-refractivity contribution in [2.45, 2.75) is 19.6 Å². The van der Waals surface area contributed by atoms with Crippen molar-refractivity contribution < 1.29 is 9.21 Å². The first-order valence-electron chi connectivity index (χ1n) is 11.2. The number of carbonyl (C=O) groups is 1. The second kappa shape index (κ2) is 10.4. The molecule has 5 rings (SSSR count). The smallest absolute Gasteiger partial charge is 0.295 e. The minimum atomic E-state index is -0.0905. The maximum Gasteiger partial charge on any atom is 0.295 e. The Morgan fingerprint density at radius 2 is 1.89 bits per heavy atom. The Balaban J connectivity index is 1.33. The van der Waals surface area contributed by atoms with Crippen LogP contribution in [-0.4, -0.2) is 37.3 Å². The molecule has 0 unspecified atom stereocenters. The Morgan fingerprint density at radius 3 is 2.69 bits per heavy atom. The van der Waals surface area contributed by atoms with E-state index in [9.17, 15) is 4.79 Å². The average Bonchev–Trinajstić information content (AvgIpc) is 3.55. The molecule has 176 valence electrons. The Hall–Kier alpha value is -4.17. The molecule has 0 spiro atoms. The summed E-state index contributed by atoms with van der Waals surface area (Å²) in [4.78, 5) is 19.8. The molecule has 9 heteroatoms. The Kier molecular flexibility index (Phi) is 6.72. The highest BCUT2D eigenvalue weighted by atomic mass is 35.5. The molecule has 0 atom stereocenters. The van der Waals surface area contributed by atoms with Crippen molar-refractivity contribution in [3.63, 3.8) is 0 Å². The van der Waals surface area contributed by atoms with E-state index in [-0.39, 0.29) is 5.91 Å². The summed E-state index contributed by atoms with van der Waals surface area (Å²) in [5.41, 5.74) is 3.82. The lowest BCUT2D eigenvalue weighted by Crippen LogP contribution is -2.33. The van der Waals surface area contributed by atoms with Gasteiger partial charge in [-0.1, -0.05) is 59.3 Å². The average molecular weight is 487 g/mol. The third kappa shape index (κ3) is 5.67. The summed E-state index contributed by atoms with van der Waals surface area (Å²) in [6.07, 6.45) is 3.41. The van der Waals surface area contributed by atoms with Crippen molar-refractivity contribution in [2.75, 3.05) is 11.9 Å². The molecule has 0 aliphatic carbocycles. The fourth-order valence-electron chi connectivity index (χ4n) is 3.77. The number of hydrogen-bond acceptors (Lipinski definition) is 6. The summed E-state index contributed by atoms with van der Waals surface area (Å²) < 4.78 is 7.52. The standard InChI is InChI=1S/C26H23ClN6O2/c27-22-8-4-7-20(15-22)17-28-26-30-23-16-21(9-10-24(23)35-26)25(34)32(13-14-33-12-11-29-31-33)18-19-5-2-1-3-6-19/h1-12,15-16H,13-14,17-18H2,(H,28,30). The monoisotopic (exact) mass is 486 g/mol. The van der Waals surface area contributed by atoms with Gasteiger partial charge < -0.3 is 14.6 Å². The number of carbonyl (C=O) groups excluding carboxylic acids is 1. The zero-order chi connectivity index (χ0) is 24.0. The van der Waals surface area contributed by atoms with Gasteiger partial charge in [0.25, 0.3) is 11.9 Å². The lowest BCUT2D eigenvalue weighted by Gasteiger charge is -2.23. The molecule has 0 fully saturated rings. The summed E-state index contributed by atoms with van der Waals surface area (Å²) in [5, 5.41) is 11.7. The number of fused-ring (bicyclic) bond motifs is 1. The highest BCUT2D eigenvalue weighted by Crippen LogP contribution is 2.22. The molecular weight excluding hydrogens is 464 g/mol. The zero-order valence-electron chi connectivity index (χ0n) is 18.8. The van der Waals surface area contributed by atoms with Crippen molar-refractivity contribution in [2.24, 2.45) is 0 Å². The third-order valence-electron chi connectivity index (χ3n) is 5.54. The van der Waals surface area contributed by atoms with E-state index < -0.39 is 0 Å². The van der Waals surface area contributed by atoms with Gasteiger partial charge in [0.1, 0.15) is 5.52 Å². The molecule has 1 amide bonds. The number of hydrogen-bond donors (Lipinski definition) is 1. The second-order valence-electron chi connectivity index (χ2n) is 8.06. The van der Waals surface area contributed by atoms with Crippen molar-refractivity contribution in [1.29, 1.82) is 0 Å². The van der Waals surface area contributed by atoms with Gasteiger partial charge in [-0.2, -0.15) is 4.98 Å². The number of amides is 1. The molecule has 3 aromatic carbocycles. The largest absolute Gasteiger partial charge is 0.424 e. The van der Waals surface area contributed by atoms with E-state index in [1.807, 2.05) is 54.6 Å². The van der Waals surface area contributed by atoms with Gasteiger partial charge in [-0.15, -0.1) is 5.10 Å². The minimum Gasteiger partial charge on any atom is -0.424 e. The van der Waals surface area contributed by atoms with Crippen molar-refractivity contribution in [3.05, 3.63) is 107 Å². The van der Waals surface area contributed by atoms with Crippen LogP contribution in [0.25, 0.3) is 11.1 Å². The number of nitrogens with zero attached hydrogens (tertiary/aromatic N) is 5. The van der Waals surface area contributed by atoms with Crippen LogP contribution in [0.4, 0.5) is 6.01 Å². The van der Waals surface area contributed by atoms with Crippen LogP contribution in [0.3, 0.4) is 0 Å². The van der Waals surface area contributed by atoms with Crippen LogP contribution in [0.15, 0.2) is 89.6 Å². The van der Waals surface area contributed by atoms with Crippen LogP contribution in [0.5, 0.6) is 0 Å². The first-order valence-corrected chi connectivity index (χ1v) is 11.6. The number of anilines is 1. The highest BCUT2D eigenvalue weighted by molar-refractivity contribution is 6.30. The molecule has 35 heavy (non-hydrogen) atoms. The molecule has 0 radical (unpaired) electrons. The van der Waals surface area contributed by atoms with E-state index in [1.165, 1.54) is 0 Å². The van der Waals surface area contributed by atoms with E-state index >= 15 is 0 Å². The predicted molar refractivity (Wildman–Crippen MR) is 134 cm³/mol. The summed E-state index contributed by atoms with van der Waals surface area (Å²) in [7, 11) is 0. The fourth-order valence-corrected chi connectivity index (χ4v) is 3.99. The number of rotatable bonds is 9. The summed E-state index contributed by atoms with van der Waals surface area (Å²) in [6, 6.07) is 23.2. The van der Waals surface area contributed by atoms with Crippen molar-refractivity contribution in [3.8, 4) is 0 Å². The number of aromatic nitrogens is 4. The Morgan fingerprint density at radius 1 is 1.03 bits per heavy atom. The minimum absolute atomic E-state index is 0.0905. The lowest BCUT2D eigenvalue weighted by molar-refractivity contribution is 0.0735. The number of oxazole rings is 1. The number of nitrogens with one attached hydrogen (secondary N) is 1. The van der Waals surface area contributed by atoms with Gasteiger partial charge in [0.2, 0.25) is 0 Å². The summed E-state index contributed by atoms with van der Waals surface area (Å²) in [6.45, 7) is 2.03. The van der Waals surface area contributed by atoms with E-state index in [0.717, 1.165) is 11.1 Å². The zero-order valence-corrected chi connectivity index (χ0v) is 19.6. The van der Waals surface area contributed by atoms with Crippen LogP contribution >= 0.6 is 11.6 Å². The van der Waals surface area contributed by atoms with E-state index in [0.29, 0.717) is 53.9 Å². The molecule has 0 aliphatic heterocycles. The topological polar surface area (TPSA) is 89.1 Å². The van der Waals surface area contributed by atoms with Gasteiger partial charge in [-0.3, -0.25) is 9.48 Å². The molecule has 8 nitrogen and oxygen atoms in total. The first kappa shape index (κ1) is 22.6. The SMILES string of the molecule is O=C(c1ccc2oc(NCc3cccc(Cl)c3)nc2c1)N(CCn1ccnn1)Cc1ccccc1. The number of benzene rings is 3. The van der Waals surface area contributed by atoms with Crippen molar-refractivity contribution >= 4 is 34.6 Å². The Bertz CT molecular complexity index is 1420.